The molecule has 1 aromatic rings. The van der Waals surface area contributed by atoms with Crippen molar-refractivity contribution < 1.29 is 9.18 Å². The van der Waals surface area contributed by atoms with Gasteiger partial charge in [0.25, 0.3) is 0 Å². The highest BCUT2D eigenvalue weighted by atomic mass is 19.1. The summed E-state index contributed by atoms with van der Waals surface area (Å²) in [4.78, 5) is 11.7. The van der Waals surface area contributed by atoms with Crippen LogP contribution in [0.1, 0.15) is 26.3 Å². The van der Waals surface area contributed by atoms with Gasteiger partial charge in [0, 0.05) is 11.7 Å². The van der Waals surface area contributed by atoms with Crippen LogP contribution in [0.3, 0.4) is 0 Å². The van der Waals surface area contributed by atoms with E-state index in [-0.39, 0.29) is 24.3 Å². The summed E-state index contributed by atoms with van der Waals surface area (Å²) in [5, 5.41) is 5.91. The number of carbonyl (C=O) groups excluding carboxylic acids is 1. The molecule has 1 unspecified atom stereocenters. The Morgan fingerprint density at radius 2 is 2.00 bits per heavy atom. The van der Waals surface area contributed by atoms with E-state index in [0.29, 0.717) is 5.92 Å². The van der Waals surface area contributed by atoms with Crippen molar-refractivity contribution in [1.29, 1.82) is 0 Å². The maximum absolute atomic E-state index is 12.9. The lowest BCUT2D eigenvalue weighted by molar-refractivity contribution is -0.120. The number of rotatable bonds is 5. The summed E-state index contributed by atoms with van der Waals surface area (Å²) in [7, 11) is 0. The maximum atomic E-state index is 12.9. The lowest BCUT2D eigenvalue weighted by atomic mass is 10.1. The largest absolute Gasteiger partial charge is 0.376 e. The molecule has 4 heteroatoms. The van der Waals surface area contributed by atoms with Crippen molar-refractivity contribution in [3.05, 3.63) is 29.6 Å². The summed E-state index contributed by atoms with van der Waals surface area (Å²) >= 11 is 0. The van der Waals surface area contributed by atoms with Gasteiger partial charge in [0.2, 0.25) is 5.91 Å². The molecule has 100 valence electrons. The normalized spacial score (nSPS) is 12.3. The Morgan fingerprint density at radius 1 is 1.33 bits per heavy atom. The zero-order valence-corrected chi connectivity index (χ0v) is 11.4. The molecular weight excluding hydrogens is 231 g/mol. The number of benzene rings is 1. The van der Waals surface area contributed by atoms with Crippen molar-refractivity contribution in [2.75, 3.05) is 11.9 Å². The van der Waals surface area contributed by atoms with Crippen LogP contribution in [0, 0.1) is 18.7 Å². The van der Waals surface area contributed by atoms with Gasteiger partial charge in [-0.25, -0.2) is 4.39 Å². The van der Waals surface area contributed by atoms with Crippen LogP contribution in [0.25, 0.3) is 0 Å². The first-order valence-corrected chi connectivity index (χ1v) is 6.19. The highest BCUT2D eigenvalue weighted by molar-refractivity contribution is 5.81. The van der Waals surface area contributed by atoms with E-state index in [0.717, 1.165) is 11.3 Å². The minimum atomic E-state index is -0.268. The average molecular weight is 252 g/mol. The first-order valence-electron chi connectivity index (χ1n) is 6.19. The van der Waals surface area contributed by atoms with Gasteiger partial charge in [-0.3, -0.25) is 4.79 Å². The second kappa shape index (κ2) is 6.38. The van der Waals surface area contributed by atoms with Gasteiger partial charge in [-0.1, -0.05) is 13.8 Å². The molecule has 1 amide bonds. The molecule has 0 aliphatic rings. The highest BCUT2D eigenvalue weighted by Gasteiger charge is 2.10. The van der Waals surface area contributed by atoms with Gasteiger partial charge >= 0.3 is 0 Å². The molecule has 0 spiro atoms. The van der Waals surface area contributed by atoms with Crippen molar-refractivity contribution in [2.24, 2.45) is 5.92 Å². The molecule has 0 heterocycles. The minimum absolute atomic E-state index is 0.0556. The van der Waals surface area contributed by atoms with E-state index in [1.165, 1.54) is 12.1 Å². The van der Waals surface area contributed by atoms with E-state index in [1.54, 1.807) is 13.0 Å². The quantitative estimate of drug-likeness (QED) is 0.846. The van der Waals surface area contributed by atoms with Gasteiger partial charge < -0.3 is 10.6 Å². The third-order valence-electron chi connectivity index (χ3n) is 3.02. The molecule has 0 aliphatic heterocycles. The fourth-order valence-corrected chi connectivity index (χ4v) is 1.47. The predicted octanol–water partition coefficient (Wildman–Crippen LogP) is 2.71. The number of nitrogens with one attached hydrogen (secondary N) is 2. The molecule has 1 aromatic carbocycles. The van der Waals surface area contributed by atoms with Gasteiger partial charge in [0.1, 0.15) is 5.82 Å². The van der Waals surface area contributed by atoms with Crippen LogP contribution in [0.4, 0.5) is 10.1 Å². The second-order valence-corrected chi connectivity index (χ2v) is 4.91. The van der Waals surface area contributed by atoms with Gasteiger partial charge in [0.15, 0.2) is 0 Å². The average Bonchev–Trinajstić information content (AvgIpc) is 2.27. The third-order valence-corrected chi connectivity index (χ3v) is 3.02. The van der Waals surface area contributed by atoms with Crippen LogP contribution >= 0.6 is 0 Å². The maximum Gasteiger partial charge on any atom is 0.239 e. The van der Waals surface area contributed by atoms with Gasteiger partial charge in [0.05, 0.1) is 6.54 Å². The number of amides is 1. The Kier molecular flexibility index (Phi) is 5.13. The summed E-state index contributed by atoms with van der Waals surface area (Å²) in [5.74, 6) is 0.0809. The molecule has 3 nitrogen and oxygen atoms in total. The number of halogens is 1. The molecule has 0 saturated carbocycles. The van der Waals surface area contributed by atoms with Crippen molar-refractivity contribution >= 4 is 11.6 Å². The summed E-state index contributed by atoms with van der Waals surface area (Å²) in [5.41, 5.74) is 1.57. The molecule has 0 saturated heterocycles. The van der Waals surface area contributed by atoms with E-state index in [2.05, 4.69) is 24.5 Å². The Labute approximate surface area is 108 Å². The molecule has 2 N–H and O–H groups in total. The zero-order valence-electron chi connectivity index (χ0n) is 11.4. The Hall–Kier alpha value is -1.58. The molecule has 0 radical (unpaired) electrons. The Bertz CT molecular complexity index is 418. The molecule has 0 fully saturated rings. The first-order chi connectivity index (χ1) is 8.40. The molecule has 0 bridgehead atoms. The lowest BCUT2D eigenvalue weighted by Gasteiger charge is -2.18. The lowest BCUT2D eigenvalue weighted by Crippen LogP contribution is -2.39. The second-order valence-electron chi connectivity index (χ2n) is 4.91. The van der Waals surface area contributed by atoms with Crippen LogP contribution in [0.2, 0.25) is 0 Å². The van der Waals surface area contributed by atoms with Gasteiger partial charge in [-0.05, 0) is 43.5 Å². The monoisotopic (exact) mass is 252 g/mol. The summed E-state index contributed by atoms with van der Waals surface area (Å²) in [6.45, 7) is 8.10. The number of aryl methyl sites for hydroxylation is 1. The van der Waals surface area contributed by atoms with Crippen LogP contribution in [0.5, 0.6) is 0 Å². The molecular formula is C14H21FN2O. The van der Waals surface area contributed by atoms with Crippen LogP contribution in [-0.2, 0) is 4.79 Å². The number of hydrogen-bond donors (Lipinski definition) is 2. The topological polar surface area (TPSA) is 41.1 Å². The van der Waals surface area contributed by atoms with E-state index < -0.39 is 0 Å². The Morgan fingerprint density at radius 3 is 2.56 bits per heavy atom. The standard InChI is InChI=1S/C14H21FN2O/c1-9(2)11(4)17-14(18)8-16-13-6-5-12(15)7-10(13)3/h5-7,9,11,16H,8H2,1-4H3,(H,17,18). The predicted molar refractivity (Wildman–Crippen MR) is 72.1 cm³/mol. The number of anilines is 1. The molecule has 0 aromatic heterocycles. The Balaban J connectivity index is 2.47. The zero-order chi connectivity index (χ0) is 13.7. The molecule has 0 aliphatic carbocycles. The van der Waals surface area contributed by atoms with Crippen molar-refractivity contribution in [1.82, 2.24) is 5.32 Å². The third kappa shape index (κ3) is 4.35. The minimum Gasteiger partial charge on any atom is -0.376 e. The van der Waals surface area contributed by atoms with E-state index in [9.17, 15) is 9.18 Å². The van der Waals surface area contributed by atoms with Crippen LogP contribution in [-0.4, -0.2) is 18.5 Å². The van der Waals surface area contributed by atoms with Crippen molar-refractivity contribution in [3.63, 3.8) is 0 Å². The molecule has 18 heavy (non-hydrogen) atoms. The van der Waals surface area contributed by atoms with Crippen molar-refractivity contribution in [2.45, 2.75) is 33.7 Å². The molecule has 1 atom stereocenters. The fourth-order valence-electron chi connectivity index (χ4n) is 1.47. The van der Waals surface area contributed by atoms with Crippen LogP contribution in [0.15, 0.2) is 18.2 Å². The highest BCUT2D eigenvalue weighted by Crippen LogP contribution is 2.15. The van der Waals surface area contributed by atoms with Gasteiger partial charge in [-0.2, -0.15) is 0 Å². The number of carbonyl (C=O) groups is 1. The number of hydrogen-bond acceptors (Lipinski definition) is 2. The van der Waals surface area contributed by atoms with Crippen LogP contribution < -0.4 is 10.6 Å². The smallest absolute Gasteiger partial charge is 0.239 e. The van der Waals surface area contributed by atoms with E-state index >= 15 is 0 Å². The van der Waals surface area contributed by atoms with E-state index in [1.807, 2.05) is 6.92 Å². The first kappa shape index (κ1) is 14.5. The summed E-state index contributed by atoms with van der Waals surface area (Å²) in [6.07, 6.45) is 0. The van der Waals surface area contributed by atoms with Crippen molar-refractivity contribution in [3.8, 4) is 0 Å². The summed E-state index contributed by atoms with van der Waals surface area (Å²) in [6, 6.07) is 4.61. The molecule has 1 rings (SSSR count). The fraction of sp³-hybridized carbons (Fsp3) is 0.500. The van der Waals surface area contributed by atoms with E-state index in [4.69, 9.17) is 0 Å². The summed E-state index contributed by atoms with van der Waals surface area (Å²) < 4.78 is 12.9. The van der Waals surface area contributed by atoms with Gasteiger partial charge in [-0.15, -0.1) is 0 Å². The SMILES string of the molecule is Cc1cc(F)ccc1NCC(=O)NC(C)C(C)C.